The monoisotopic (exact) mass is 205 g/mol. The molecule has 6 heteroatoms. The first-order valence-corrected chi connectivity index (χ1v) is 4.53. The van der Waals surface area contributed by atoms with Crippen LogP contribution >= 0.6 is 0 Å². The summed E-state index contributed by atoms with van der Waals surface area (Å²) in [6.07, 6.45) is -0.654. The number of ether oxygens (including phenoxy) is 3. The largest absolute Gasteiger partial charge is 0.447 e. The highest BCUT2D eigenvalue weighted by atomic mass is 16.6. The fraction of sp³-hybridized carbons (Fsp3) is 0.875. The Labute approximate surface area is 82.1 Å². The van der Waals surface area contributed by atoms with Gasteiger partial charge in [0.05, 0.1) is 32.5 Å². The lowest BCUT2D eigenvalue weighted by molar-refractivity contribution is -0.0859. The number of hydrogen-bond acceptors (Lipinski definition) is 5. The Hall–Kier alpha value is -0.850. The third-order valence-corrected chi connectivity index (χ3v) is 1.68. The number of carbonyl (C=O) groups is 1. The maximum atomic E-state index is 10.9. The topological polar surface area (TPSA) is 77.0 Å². The second kappa shape index (κ2) is 6.58. The highest BCUT2D eigenvalue weighted by Gasteiger charge is 2.15. The summed E-state index contributed by atoms with van der Waals surface area (Å²) in [6, 6.07) is 0. The van der Waals surface area contributed by atoms with Crippen LogP contribution in [0.1, 0.15) is 0 Å². The molecular formula is C8H15NO5. The Kier molecular flexibility index (Phi) is 5.28. The van der Waals surface area contributed by atoms with Crippen LogP contribution in [0.25, 0.3) is 0 Å². The second-order valence-corrected chi connectivity index (χ2v) is 2.81. The zero-order chi connectivity index (χ0) is 10.2. The fourth-order valence-corrected chi connectivity index (χ4v) is 1.04. The van der Waals surface area contributed by atoms with Gasteiger partial charge < -0.3 is 24.6 Å². The predicted molar refractivity (Wildman–Crippen MR) is 47.0 cm³/mol. The number of aliphatic hydroxyl groups excluding tert-OH is 1. The summed E-state index contributed by atoms with van der Waals surface area (Å²) in [4.78, 5) is 10.9. The summed E-state index contributed by atoms with van der Waals surface area (Å²) in [5, 5.41) is 10.9. The smallest absolute Gasteiger partial charge is 0.407 e. The van der Waals surface area contributed by atoms with E-state index >= 15 is 0 Å². The van der Waals surface area contributed by atoms with E-state index in [0.29, 0.717) is 26.4 Å². The third-order valence-electron chi connectivity index (χ3n) is 1.68. The molecule has 2 N–H and O–H groups in total. The van der Waals surface area contributed by atoms with Gasteiger partial charge in [0.25, 0.3) is 0 Å². The number of alkyl carbamates (subject to hydrolysis) is 1. The van der Waals surface area contributed by atoms with Crippen molar-refractivity contribution in [1.82, 2.24) is 5.32 Å². The molecule has 1 amide bonds. The van der Waals surface area contributed by atoms with Crippen molar-refractivity contribution in [2.75, 3.05) is 39.6 Å². The van der Waals surface area contributed by atoms with Crippen LogP contribution < -0.4 is 5.32 Å². The third kappa shape index (κ3) is 4.40. The number of rotatable bonds is 4. The Morgan fingerprint density at radius 1 is 1.57 bits per heavy atom. The molecule has 0 aromatic rings. The Bertz CT molecular complexity index is 169. The maximum absolute atomic E-state index is 10.9. The SMILES string of the molecule is O=C(NCC1COCCO1)OCCO. The molecule has 82 valence electrons. The molecule has 1 unspecified atom stereocenters. The molecule has 14 heavy (non-hydrogen) atoms. The molecule has 6 nitrogen and oxygen atoms in total. The van der Waals surface area contributed by atoms with Crippen molar-refractivity contribution in [2.45, 2.75) is 6.10 Å². The molecule has 1 rings (SSSR count). The van der Waals surface area contributed by atoms with Crippen molar-refractivity contribution in [3.63, 3.8) is 0 Å². The van der Waals surface area contributed by atoms with Crippen LogP contribution in [-0.2, 0) is 14.2 Å². The summed E-state index contributed by atoms with van der Waals surface area (Å²) in [5.41, 5.74) is 0. The van der Waals surface area contributed by atoms with Gasteiger partial charge in [-0.15, -0.1) is 0 Å². The standard InChI is InChI=1S/C8H15NO5/c10-1-2-14-8(11)9-5-7-6-12-3-4-13-7/h7,10H,1-6H2,(H,9,11). The first-order chi connectivity index (χ1) is 6.83. The van der Waals surface area contributed by atoms with E-state index < -0.39 is 6.09 Å². The molecule has 1 aliphatic heterocycles. The number of hydrogen-bond donors (Lipinski definition) is 2. The first kappa shape index (κ1) is 11.2. The lowest BCUT2D eigenvalue weighted by Gasteiger charge is -2.22. The summed E-state index contributed by atoms with van der Waals surface area (Å²) in [5.74, 6) is 0. The molecule has 0 aromatic heterocycles. The molecule has 0 aromatic carbocycles. The van der Waals surface area contributed by atoms with Crippen LogP contribution in [0, 0.1) is 0 Å². The van der Waals surface area contributed by atoms with Gasteiger partial charge in [0.1, 0.15) is 6.61 Å². The fourth-order valence-electron chi connectivity index (χ4n) is 1.04. The van der Waals surface area contributed by atoms with E-state index in [0.717, 1.165) is 0 Å². The van der Waals surface area contributed by atoms with Gasteiger partial charge in [-0.3, -0.25) is 0 Å². The van der Waals surface area contributed by atoms with E-state index in [4.69, 9.17) is 14.6 Å². The molecular weight excluding hydrogens is 190 g/mol. The molecule has 1 fully saturated rings. The van der Waals surface area contributed by atoms with Crippen LogP contribution in [0.4, 0.5) is 4.79 Å². The Balaban J connectivity index is 2.03. The maximum Gasteiger partial charge on any atom is 0.407 e. The average molecular weight is 205 g/mol. The van der Waals surface area contributed by atoms with Gasteiger partial charge in [0.2, 0.25) is 0 Å². The number of nitrogens with one attached hydrogen (secondary N) is 1. The van der Waals surface area contributed by atoms with Crippen molar-refractivity contribution < 1.29 is 24.1 Å². The normalized spacial score (nSPS) is 21.6. The van der Waals surface area contributed by atoms with Crippen molar-refractivity contribution in [1.29, 1.82) is 0 Å². The van der Waals surface area contributed by atoms with E-state index in [2.05, 4.69) is 10.1 Å². The van der Waals surface area contributed by atoms with Gasteiger partial charge in [-0.2, -0.15) is 0 Å². The molecule has 1 atom stereocenters. The van der Waals surface area contributed by atoms with Crippen LogP contribution in [0.15, 0.2) is 0 Å². The lowest BCUT2D eigenvalue weighted by atomic mass is 10.3. The van der Waals surface area contributed by atoms with Crippen molar-refractivity contribution in [3.05, 3.63) is 0 Å². The van der Waals surface area contributed by atoms with Gasteiger partial charge in [-0.05, 0) is 0 Å². The molecule has 0 radical (unpaired) electrons. The van der Waals surface area contributed by atoms with E-state index in [1.807, 2.05) is 0 Å². The van der Waals surface area contributed by atoms with Crippen molar-refractivity contribution >= 4 is 6.09 Å². The van der Waals surface area contributed by atoms with Gasteiger partial charge >= 0.3 is 6.09 Å². The highest BCUT2D eigenvalue weighted by Crippen LogP contribution is 1.98. The molecule has 0 spiro atoms. The molecule has 0 saturated carbocycles. The van der Waals surface area contributed by atoms with Gasteiger partial charge in [-0.25, -0.2) is 4.79 Å². The number of amides is 1. The number of carbonyl (C=O) groups excluding carboxylic acids is 1. The average Bonchev–Trinajstić information content (AvgIpc) is 2.25. The van der Waals surface area contributed by atoms with Crippen molar-refractivity contribution in [2.24, 2.45) is 0 Å². The van der Waals surface area contributed by atoms with Gasteiger partial charge in [0, 0.05) is 6.54 Å². The van der Waals surface area contributed by atoms with Crippen LogP contribution in [0.3, 0.4) is 0 Å². The van der Waals surface area contributed by atoms with Crippen LogP contribution in [-0.4, -0.2) is 56.9 Å². The quantitative estimate of drug-likeness (QED) is 0.623. The van der Waals surface area contributed by atoms with Crippen molar-refractivity contribution in [3.8, 4) is 0 Å². The van der Waals surface area contributed by atoms with Crippen LogP contribution in [0.5, 0.6) is 0 Å². The Morgan fingerprint density at radius 2 is 2.43 bits per heavy atom. The Morgan fingerprint density at radius 3 is 3.07 bits per heavy atom. The van der Waals surface area contributed by atoms with Gasteiger partial charge in [-0.1, -0.05) is 0 Å². The summed E-state index contributed by atoms with van der Waals surface area (Å²) < 4.78 is 15.0. The number of aliphatic hydroxyl groups is 1. The molecule has 1 heterocycles. The van der Waals surface area contributed by atoms with E-state index in [9.17, 15) is 4.79 Å². The minimum absolute atomic E-state index is 0.00779. The first-order valence-electron chi connectivity index (χ1n) is 4.53. The van der Waals surface area contributed by atoms with E-state index in [1.165, 1.54) is 0 Å². The minimum atomic E-state index is -0.548. The molecule has 0 aliphatic carbocycles. The lowest BCUT2D eigenvalue weighted by Crippen LogP contribution is -2.40. The minimum Gasteiger partial charge on any atom is -0.447 e. The van der Waals surface area contributed by atoms with Gasteiger partial charge in [0.15, 0.2) is 0 Å². The molecule has 1 saturated heterocycles. The zero-order valence-corrected chi connectivity index (χ0v) is 7.90. The molecule has 0 bridgehead atoms. The zero-order valence-electron chi connectivity index (χ0n) is 7.90. The summed E-state index contributed by atoms with van der Waals surface area (Å²) in [7, 11) is 0. The highest BCUT2D eigenvalue weighted by molar-refractivity contribution is 5.67. The second-order valence-electron chi connectivity index (χ2n) is 2.81. The summed E-state index contributed by atoms with van der Waals surface area (Å²) in [6.45, 7) is 1.85. The molecule has 1 aliphatic rings. The van der Waals surface area contributed by atoms with E-state index in [-0.39, 0.29) is 19.3 Å². The predicted octanol–water partition coefficient (Wildman–Crippen LogP) is -0.880. The van der Waals surface area contributed by atoms with Crippen LogP contribution in [0.2, 0.25) is 0 Å². The summed E-state index contributed by atoms with van der Waals surface area (Å²) >= 11 is 0. The van der Waals surface area contributed by atoms with E-state index in [1.54, 1.807) is 0 Å².